The average Bonchev–Trinajstić information content (AvgIpc) is 3.39. The van der Waals surface area contributed by atoms with Crippen molar-refractivity contribution in [2.24, 2.45) is 5.92 Å². The maximum Gasteiger partial charge on any atom is -1.00 e. The summed E-state index contributed by atoms with van der Waals surface area (Å²) in [7, 11) is 0. The largest absolute Gasteiger partial charge is 1.00 e. The van der Waals surface area contributed by atoms with Crippen LogP contribution < -0.4 is 29.7 Å². The first-order valence-electron chi connectivity index (χ1n) is 9.76. The van der Waals surface area contributed by atoms with Gasteiger partial charge in [0.15, 0.2) is 0 Å². The van der Waals surface area contributed by atoms with E-state index in [1.165, 1.54) is 43.9 Å². The molecule has 1 aliphatic heterocycles. The van der Waals surface area contributed by atoms with Gasteiger partial charge in [-0.3, -0.25) is 0 Å². The van der Waals surface area contributed by atoms with E-state index in [-0.39, 0.29) is 24.8 Å². The molecule has 0 aromatic heterocycles. The Bertz CT molecular complexity index is 1100. The van der Waals surface area contributed by atoms with Gasteiger partial charge in [-0.2, -0.15) is 0 Å². The Balaban J connectivity index is 0.00000128. The Kier molecular flexibility index (Phi) is 7.40. The van der Waals surface area contributed by atoms with Crippen LogP contribution in [-0.2, 0) is 23.2 Å². The quantitative estimate of drug-likeness (QED) is 0.520. The second-order valence-corrected chi connectivity index (χ2v) is 12.1. The molecule has 1 heterocycles. The van der Waals surface area contributed by atoms with E-state index >= 15 is 0 Å². The first kappa shape index (κ1) is 23.8. The van der Waals surface area contributed by atoms with E-state index in [0.29, 0.717) is 5.92 Å². The Morgan fingerprint density at radius 3 is 2.43 bits per heavy atom. The maximum atomic E-state index is 4.03. The molecule has 1 unspecified atom stereocenters. The van der Waals surface area contributed by atoms with E-state index in [2.05, 4.69) is 102 Å². The summed E-state index contributed by atoms with van der Waals surface area (Å²) >= 11 is 3.15. The van der Waals surface area contributed by atoms with Gasteiger partial charge >= 0.3 is 188 Å². The standard InChI is InChI=1S/C20H17BrN.C5H5.2ClH.Zr/c1-12-9-15-11-18-19(20(21)17(15)10-12)13(2)14(3)22(18)16-7-5-4-6-8-16;1-2-4-5-3-1;;;/h4-10,19H,1-3H3;1-3H,4H2;2*1H;/q;;;;+2/p-2. The fourth-order valence-corrected chi connectivity index (χ4v) is 9.00. The van der Waals surface area contributed by atoms with Gasteiger partial charge in [-0.1, -0.05) is 0 Å². The minimum atomic E-state index is -0.879. The van der Waals surface area contributed by atoms with E-state index in [9.17, 15) is 0 Å². The fraction of sp³-hybridized carbons (Fsp3) is 0.200. The van der Waals surface area contributed by atoms with Crippen LogP contribution in [0.3, 0.4) is 0 Å². The Morgan fingerprint density at radius 1 is 1.03 bits per heavy atom. The normalized spacial score (nSPS) is 21.5. The second-order valence-electron chi connectivity index (χ2n) is 7.79. The fourth-order valence-electron chi connectivity index (χ4n) is 4.56. The summed E-state index contributed by atoms with van der Waals surface area (Å²) in [6, 6.07) is 10.9. The molecule has 1 nitrogen and oxygen atoms in total. The van der Waals surface area contributed by atoms with Crippen molar-refractivity contribution in [1.82, 2.24) is 0 Å². The smallest absolute Gasteiger partial charge is 1.00 e. The monoisotopic (exact) mass is 575 g/mol. The number of hydrogen-bond donors (Lipinski definition) is 0. The summed E-state index contributed by atoms with van der Waals surface area (Å²) in [6.07, 6.45) is 12.8. The van der Waals surface area contributed by atoms with Crippen LogP contribution in [0.4, 0.5) is 5.69 Å². The molecule has 4 aliphatic rings. The Labute approximate surface area is 211 Å². The summed E-state index contributed by atoms with van der Waals surface area (Å²) < 4.78 is 4.65. The zero-order valence-corrected chi connectivity index (χ0v) is 22.7. The molecule has 0 saturated heterocycles. The molecule has 0 radical (unpaired) electrons. The molecule has 5 rings (SSSR count). The molecule has 3 aliphatic carbocycles. The molecule has 1 atom stereocenters. The zero-order valence-electron chi connectivity index (χ0n) is 17.1. The van der Waals surface area contributed by atoms with Crippen molar-refractivity contribution in [3.63, 3.8) is 0 Å². The van der Waals surface area contributed by atoms with E-state index < -0.39 is 23.2 Å². The third kappa shape index (κ3) is 3.77. The van der Waals surface area contributed by atoms with Crippen molar-refractivity contribution in [1.29, 1.82) is 0 Å². The summed E-state index contributed by atoms with van der Waals surface area (Å²) in [5.74, 6) is 0.348. The van der Waals surface area contributed by atoms with Crippen LogP contribution >= 0.6 is 15.9 Å². The van der Waals surface area contributed by atoms with Gasteiger partial charge in [0.25, 0.3) is 0 Å². The molecule has 0 N–H and O–H groups in total. The van der Waals surface area contributed by atoms with Crippen molar-refractivity contribution >= 4 is 21.6 Å². The molecular weight excluding hydrogens is 556 g/mol. The van der Waals surface area contributed by atoms with Crippen LogP contribution in [0.15, 0.2) is 105 Å². The molecule has 1 aromatic carbocycles. The number of rotatable bonds is 3. The van der Waals surface area contributed by atoms with Gasteiger partial charge in [-0.05, 0) is 0 Å². The third-order valence-electron chi connectivity index (χ3n) is 6.00. The minimum absolute atomic E-state index is 0. The predicted octanol–water partition coefficient (Wildman–Crippen LogP) is 1.11. The van der Waals surface area contributed by atoms with Crippen molar-refractivity contribution in [2.75, 3.05) is 4.90 Å². The first-order valence-corrected chi connectivity index (χ1v) is 13.0. The summed E-state index contributed by atoms with van der Waals surface area (Å²) in [4.78, 5) is 2.53. The summed E-state index contributed by atoms with van der Waals surface area (Å²) in [6.45, 7) is 6.81. The number of halogens is 3. The Morgan fingerprint density at radius 2 is 1.77 bits per heavy atom. The summed E-state index contributed by atoms with van der Waals surface area (Å²) in [5.41, 5.74) is 9.87. The molecule has 0 bridgehead atoms. The van der Waals surface area contributed by atoms with Gasteiger partial charge < -0.3 is 24.8 Å². The van der Waals surface area contributed by atoms with Gasteiger partial charge in [0.05, 0.1) is 0 Å². The van der Waals surface area contributed by atoms with Crippen molar-refractivity contribution in [3.8, 4) is 0 Å². The first-order chi connectivity index (χ1) is 13.6. The second kappa shape index (κ2) is 9.33. The number of para-hydroxylation sites is 1. The van der Waals surface area contributed by atoms with Gasteiger partial charge in [-0.15, -0.1) is 0 Å². The molecule has 0 saturated carbocycles. The topological polar surface area (TPSA) is 3.24 Å². The van der Waals surface area contributed by atoms with E-state index in [4.69, 9.17) is 0 Å². The molecule has 5 heteroatoms. The number of fused-ring (bicyclic) bond motifs is 2. The molecule has 0 spiro atoms. The number of anilines is 1. The minimum Gasteiger partial charge on any atom is -1.00 e. The number of nitrogens with zero attached hydrogens (tertiary/aromatic N) is 1. The van der Waals surface area contributed by atoms with Crippen LogP contribution in [-0.4, -0.2) is 0 Å². The van der Waals surface area contributed by atoms with Crippen LogP contribution in [0.2, 0.25) is 0 Å². The average molecular weight is 578 g/mol. The molecule has 0 amide bonds. The zero-order chi connectivity index (χ0) is 19.4. The molecule has 0 fully saturated rings. The van der Waals surface area contributed by atoms with E-state index in [0.717, 1.165) is 6.42 Å². The molecule has 152 valence electrons. The van der Waals surface area contributed by atoms with Crippen molar-refractivity contribution in [3.05, 3.63) is 105 Å². The van der Waals surface area contributed by atoms with Crippen LogP contribution in [0, 0.1) is 5.92 Å². The molecule has 30 heavy (non-hydrogen) atoms. The van der Waals surface area contributed by atoms with Gasteiger partial charge in [-0.25, -0.2) is 0 Å². The number of hydrogen-bond acceptors (Lipinski definition) is 1. The molecular formula is C25H22BrCl2NZr. The Hall–Kier alpha value is -0.857. The number of allylic oxidation sites excluding steroid dienone is 12. The maximum absolute atomic E-state index is 4.03. The summed E-state index contributed by atoms with van der Waals surface area (Å²) in [5, 5.41) is 0. The van der Waals surface area contributed by atoms with E-state index in [1.807, 2.05) is 0 Å². The van der Waals surface area contributed by atoms with E-state index in [1.54, 1.807) is 6.56 Å². The van der Waals surface area contributed by atoms with Gasteiger partial charge in [0.1, 0.15) is 0 Å². The van der Waals surface area contributed by atoms with Gasteiger partial charge in [0, 0.05) is 0 Å². The molecule has 1 aromatic rings. The SMILES string of the molecule is CC1=CC2=C(Br)C3C(C)=C(C)N(c4ccccc4)C3=[C]([Zr+2][C]3=CC=CC3)C2=C1.[Cl-].[Cl-]. The van der Waals surface area contributed by atoms with Gasteiger partial charge in [0.2, 0.25) is 0 Å². The van der Waals surface area contributed by atoms with Crippen LogP contribution in [0.25, 0.3) is 0 Å². The predicted molar refractivity (Wildman–Crippen MR) is 117 cm³/mol. The van der Waals surface area contributed by atoms with Crippen molar-refractivity contribution in [2.45, 2.75) is 27.2 Å². The van der Waals surface area contributed by atoms with Crippen LogP contribution in [0.5, 0.6) is 0 Å². The van der Waals surface area contributed by atoms with Crippen molar-refractivity contribution < 1.29 is 48.0 Å². The third-order valence-corrected chi connectivity index (χ3v) is 10.5. The number of benzene rings is 1. The van der Waals surface area contributed by atoms with Crippen LogP contribution in [0.1, 0.15) is 27.2 Å².